The van der Waals surface area contributed by atoms with Crippen molar-refractivity contribution < 1.29 is 19.5 Å². The first-order valence-electron chi connectivity index (χ1n) is 8.06. The van der Waals surface area contributed by atoms with E-state index in [1.807, 2.05) is 24.3 Å². The van der Waals surface area contributed by atoms with Gasteiger partial charge in [0.15, 0.2) is 0 Å². The van der Waals surface area contributed by atoms with Crippen LogP contribution < -0.4 is 4.90 Å². The van der Waals surface area contributed by atoms with Crippen molar-refractivity contribution in [3.05, 3.63) is 28.7 Å². The van der Waals surface area contributed by atoms with Gasteiger partial charge in [0, 0.05) is 24.1 Å². The first-order valence-corrected chi connectivity index (χ1v) is 8.86. The van der Waals surface area contributed by atoms with Crippen LogP contribution in [0.4, 0.5) is 5.69 Å². The number of anilines is 1. The van der Waals surface area contributed by atoms with Gasteiger partial charge >= 0.3 is 5.97 Å². The molecule has 0 radical (unpaired) electrons. The number of hydrogen-bond donors (Lipinski definition) is 1. The lowest BCUT2D eigenvalue weighted by molar-refractivity contribution is -0.148. The van der Waals surface area contributed by atoms with E-state index >= 15 is 0 Å². The van der Waals surface area contributed by atoms with Gasteiger partial charge in [-0.25, -0.2) is 0 Å². The molecule has 1 atom stereocenters. The van der Waals surface area contributed by atoms with Crippen LogP contribution in [-0.4, -0.2) is 47.4 Å². The average Bonchev–Trinajstić information content (AvgIpc) is 2.96. The Hall–Kier alpha value is -1.89. The van der Waals surface area contributed by atoms with Crippen molar-refractivity contribution in [3.8, 4) is 0 Å². The highest BCUT2D eigenvalue weighted by molar-refractivity contribution is 9.10. The summed E-state index contributed by atoms with van der Waals surface area (Å²) in [5.41, 5.74) is 0.780. The lowest BCUT2D eigenvalue weighted by Gasteiger charge is -2.31. The number of rotatable bonds is 3. The summed E-state index contributed by atoms with van der Waals surface area (Å²) in [6, 6.07) is 7.46. The topological polar surface area (TPSA) is 77.9 Å². The van der Waals surface area contributed by atoms with Gasteiger partial charge in [0.2, 0.25) is 11.8 Å². The highest BCUT2D eigenvalue weighted by Crippen LogP contribution is 2.32. The molecule has 2 fully saturated rings. The molecule has 0 aliphatic carbocycles. The second kappa shape index (κ2) is 6.93. The van der Waals surface area contributed by atoms with Gasteiger partial charge in [-0.1, -0.05) is 12.1 Å². The minimum atomic E-state index is -0.806. The summed E-state index contributed by atoms with van der Waals surface area (Å²) in [4.78, 5) is 39.6. The number of para-hydroxylation sites is 1. The molecule has 1 aromatic rings. The molecule has 2 aliphatic heterocycles. The lowest BCUT2D eigenvalue weighted by Crippen LogP contribution is -2.45. The number of likely N-dealkylation sites (tertiary alicyclic amines) is 1. The summed E-state index contributed by atoms with van der Waals surface area (Å²) in [5, 5.41) is 9.03. The van der Waals surface area contributed by atoms with E-state index in [0.29, 0.717) is 38.9 Å². The number of carboxylic acid groups (broad SMARTS) is 1. The number of carbonyl (C=O) groups excluding carboxylic acids is 2. The number of nitrogens with zero attached hydrogens (tertiary/aromatic N) is 2. The van der Waals surface area contributed by atoms with E-state index in [4.69, 9.17) is 5.11 Å². The number of carboxylic acids is 1. The Labute approximate surface area is 148 Å². The molecule has 2 heterocycles. The van der Waals surface area contributed by atoms with Crippen LogP contribution in [0.1, 0.15) is 19.3 Å². The third-order valence-electron chi connectivity index (χ3n) is 4.80. The summed E-state index contributed by atoms with van der Waals surface area (Å²) in [6.07, 6.45) is 1.41. The van der Waals surface area contributed by atoms with Crippen molar-refractivity contribution in [3.63, 3.8) is 0 Å². The van der Waals surface area contributed by atoms with Crippen LogP contribution in [-0.2, 0) is 14.4 Å². The zero-order valence-electron chi connectivity index (χ0n) is 13.2. The van der Waals surface area contributed by atoms with E-state index in [0.717, 1.165) is 10.2 Å². The summed E-state index contributed by atoms with van der Waals surface area (Å²) in [5.74, 6) is -2.19. The van der Waals surface area contributed by atoms with Crippen molar-refractivity contribution in [1.82, 2.24) is 4.90 Å². The van der Waals surface area contributed by atoms with Crippen LogP contribution in [0, 0.1) is 11.8 Å². The molecule has 128 valence electrons. The van der Waals surface area contributed by atoms with Gasteiger partial charge in [-0.2, -0.15) is 0 Å². The molecular weight excluding hydrogens is 376 g/mol. The number of benzene rings is 1. The molecule has 1 N–H and O–H groups in total. The Morgan fingerprint density at radius 3 is 2.38 bits per heavy atom. The van der Waals surface area contributed by atoms with E-state index in [1.54, 1.807) is 9.80 Å². The van der Waals surface area contributed by atoms with Gasteiger partial charge < -0.3 is 14.9 Å². The summed E-state index contributed by atoms with van der Waals surface area (Å²) < 4.78 is 0.828. The molecule has 0 spiro atoms. The van der Waals surface area contributed by atoms with Crippen LogP contribution in [0.5, 0.6) is 0 Å². The SMILES string of the molecule is O=C(O)C1CCN(C(=O)[C@@H]2CCN(c3ccccc3Br)C2=O)CC1. The maximum absolute atomic E-state index is 12.7. The molecule has 0 unspecified atom stereocenters. The third-order valence-corrected chi connectivity index (χ3v) is 5.47. The fourth-order valence-electron chi connectivity index (χ4n) is 3.39. The molecule has 0 aromatic heterocycles. The number of piperidine rings is 1. The highest BCUT2D eigenvalue weighted by Gasteiger charge is 2.41. The van der Waals surface area contributed by atoms with E-state index in [2.05, 4.69) is 15.9 Å². The Morgan fingerprint density at radius 2 is 1.75 bits per heavy atom. The molecule has 2 amide bonds. The van der Waals surface area contributed by atoms with Gasteiger partial charge in [0.1, 0.15) is 5.92 Å². The highest BCUT2D eigenvalue weighted by atomic mass is 79.9. The van der Waals surface area contributed by atoms with Gasteiger partial charge in [0.25, 0.3) is 0 Å². The van der Waals surface area contributed by atoms with Gasteiger partial charge in [-0.3, -0.25) is 14.4 Å². The smallest absolute Gasteiger partial charge is 0.306 e. The maximum Gasteiger partial charge on any atom is 0.306 e. The van der Waals surface area contributed by atoms with Crippen LogP contribution >= 0.6 is 15.9 Å². The number of hydrogen-bond acceptors (Lipinski definition) is 3. The van der Waals surface area contributed by atoms with Crippen molar-refractivity contribution in [2.75, 3.05) is 24.5 Å². The average molecular weight is 395 g/mol. The standard InChI is InChI=1S/C17H19BrN2O4/c18-13-3-1-2-4-14(13)20-10-7-12(16(20)22)15(21)19-8-5-11(6-9-19)17(23)24/h1-4,11-12H,5-10H2,(H,23,24)/t12-/m0/s1. The summed E-state index contributed by atoms with van der Waals surface area (Å²) in [7, 11) is 0. The Kier molecular flexibility index (Phi) is 4.89. The van der Waals surface area contributed by atoms with Crippen LogP contribution in [0.2, 0.25) is 0 Å². The minimum absolute atomic E-state index is 0.168. The van der Waals surface area contributed by atoms with Crippen molar-refractivity contribution in [2.45, 2.75) is 19.3 Å². The van der Waals surface area contributed by atoms with Gasteiger partial charge in [0.05, 0.1) is 11.6 Å². The van der Waals surface area contributed by atoms with Crippen molar-refractivity contribution in [2.24, 2.45) is 11.8 Å². The number of amides is 2. The lowest BCUT2D eigenvalue weighted by atomic mass is 9.95. The number of aliphatic carboxylic acids is 1. The molecule has 0 bridgehead atoms. The van der Waals surface area contributed by atoms with Gasteiger partial charge in [-0.05, 0) is 47.3 Å². The second-order valence-electron chi connectivity index (χ2n) is 6.22. The zero-order valence-corrected chi connectivity index (χ0v) is 14.7. The fraction of sp³-hybridized carbons (Fsp3) is 0.471. The zero-order chi connectivity index (χ0) is 17.3. The predicted molar refractivity (Wildman–Crippen MR) is 91.5 cm³/mol. The normalized spacial score (nSPS) is 22.0. The molecule has 24 heavy (non-hydrogen) atoms. The molecule has 0 saturated carbocycles. The quantitative estimate of drug-likeness (QED) is 0.796. The Morgan fingerprint density at radius 1 is 1.08 bits per heavy atom. The molecule has 6 nitrogen and oxygen atoms in total. The van der Waals surface area contributed by atoms with E-state index in [-0.39, 0.29) is 17.7 Å². The predicted octanol–water partition coefficient (Wildman–Crippen LogP) is 2.13. The van der Waals surface area contributed by atoms with Crippen molar-refractivity contribution in [1.29, 1.82) is 0 Å². The first-order chi connectivity index (χ1) is 11.5. The first kappa shape index (κ1) is 17.0. The van der Waals surface area contributed by atoms with Crippen molar-refractivity contribution >= 4 is 39.4 Å². The molecular formula is C17H19BrN2O4. The monoisotopic (exact) mass is 394 g/mol. The molecule has 2 aliphatic rings. The van der Waals surface area contributed by atoms with Crippen LogP contribution in [0.25, 0.3) is 0 Å². The second-order valence-corrected chi connectivity index (χ2v) is 7.07. The number of halogens is 1. The van der Waals surface area contributed by atoms with E-state index in [9.17, 15) is 14.4 Å². The molecule has 2 saturated heterocycles. The summed E-state index contributed by atoms with van der Waals surface area (Å²) in [6.45, 7) is 1.34. The largest absolute Gasteiger partial charge is 0.481 e. The van der Waals surface area contributed by atoms with Gasteiger partial charge in [-0.15, -0.1) is 0 Å². The molecule has 3 rings (SSSR count). The van der Waals surface area contributed by atoms with E-state index < -0.39 is 11.9 Å². The van der Waals surface area contributed by atoms with Crippen LogP contribution in [0.3, 0.4) is 0 Å². The third kappa shape index (κ3) is 3.17. The molecule has 7 heteroatoms. The van der Waals surface area contributed by atoms with Crippen LogP contribution in [0.15, 0.2) is 28.7 Å². The fourth-order valence-corrected chi connectivity index (χ4v) is 3.88. The Balaban J connectivity index is 1.66. The Bertz CT molecular complexity index is 670. The molecule has 1 aromatic carbocycles. The number of carbonyl (C=O) groups is 3. The van der Waals surface area contributed by atoms with E-state index in [1.165, 1.54) is 0 Å². The summed E-state index contributed by atoms with van der Waals surface area (Å²) >= 11 is 3.44. The minimum Gasteiger partial charge on any atom is -0.481 e. The maximum atomic E-state index is 12.7.